The van der Waals surface area contributed by atoms with E-state index in [0.717, 1.165) is 0 Å². The topological polar surface area (TPSA) is 67.9 Å². The molecule has 5 heteroatoms. The first-order valence-electron chi connectivity index (χ1n) is 3.84. The maximum absolute atomic E-state index is 11.2. The first kappa shape index (κ1) is 11.7. The minimum atomic E-state index is -0.191. The summed E-state index contributed by atoms with van der Waals surface area (Å²) in [7, 11) is 0. The minimum Gasteiger partial charge on any atom is -0.316 e. The lowest BCUT2D eigenvalue weighted by Crippen LogP contribution is -2.31. The molecule has 0 bridgehead atoms. The Bertz CT molecular complexity index is 225. The van der Waals surface area contributed by atoms with E-state index in [1.807, 2.05) is 12.1 Å². The molecule has 0 saturated heterocycles. The quantitative estimate of drug-likeness (QED) is 0.488. The van der Waals surface area contributed by atoms with Gasteiger partial charge >= 0.3 is 0 Å². The minimum absolute atomic E-state index is 0.0331. The summed E-state index contributed by atoms with van der Waals surface area (Å²) in [6, 6.07) is 3.66. The molecule has 0 aromatic rings. The van der Waals surface area contributed by atoms with E-state index in [1.165, 1.54) is 4.90 Å². The molecular weight excluding hydrogens is 190 g/mol. The molecule has 0 aromatic heterocycles. The highest BCUT2D eigenvalue weighted by molar-refractivity contribution is 6.17. The molecule has 1 amide bonds. The van der Waals surface area contributed by atoms with Crippen molar-refractivity contribution in [1.29, 1.82) is 10.5 Å². The number of rotatable bonds is 5. The van der Waals surface area contributed by atoms with Gasteiger partial charge in [-0.05, 0) is 6.42 Å². The number of amides is 1. The lowest BCUT2D eigenvalue weighted by Gasteiger charge is -2.14. The molecule has 0 spiro atoms. The smallest absolute Gasteiger partial charge is 0.224 e. The van der Waals surface area contributed by atoms with E-state index in [9.17, 15) is 4.79 Å². The zero-order valence-electron chi connectivity index (χ0n) is 7.16. The van der Waals surface area contributed by atoms with Gasteiger partial charge in [0.15, 0.2) is 0 Å². The fourth-order valence-corrected chi connectivity index (χ4v) is 0.913. The highest BCUT2D eigenvalue weighted by atomic mass is 35.5. The lowest BCUT2D eigenvalue weighted by atomic mass is 10.3. The van der Waals surface area contributed by atoms with Crippen molar-refractivity contribution in [3.63, 3.8) is 0 Å². The molecule has 13 heavy (non-hydrogen) atoms. The van der Waals surface area contributed by atoms with Gasteiger partial charge in [-0.1, -0.05) is 0 Å². The molecule has 0 heterocycles. The molecule has 0 aromatic carbocycles. The molecular formula is C8H10ClN3O. The first-order chi connectivity index (χ1) is 6.26. The van der Waals surface area contributed by atoms with Gasteiger partial charge in [-0.2, -0.15) is 10.5 Å². The molecule has 0 fully saturated rings. The Morgan fingerprint density at radius 3 is 2.23 bits per heavy atom. The molecule has 0 atom stereocenters. The standard InChI is InChI=1S/C8H10ClN3O/c9-3-1-2-8(13)12(6-4-10)7-5-11/h1-3,6-7H2. The number of nitriles is 2. The van der Waals surface area contributed by atoms with Gasteiger partial charge in [0.25, 0.3) is 0 Å². The van der Waals surface area contributed by atoms with Crippen LogP contribution in [0.15, 0.2) is 0 Å². The average molecular weight is 200 g/mol. The van der Waals surface area contributed by atoms with Gasteiger partial charge in [-0.25, -0.2) is 0 Å². The third-order valence-corrected chi connectivity index (χ3v) is 1.67. The Labute approximate surface area is 82.3 Å². The fourth-order valence-electron chi connectivity index (χ4n) is 0.779. The van der Waals surface area contributed by atoms with Gasteiger partial charge in [-0.3, -0.25) is 4.79 Å². The molecule has 0 N–H and O–H groups in total. The van der Waals surface area contributed by atoms with Gasteiger partial charge < -0.3 is 4.90 Å². The molecule has 0 aliphatic rings. The van der Waals surface area contributed by atoms with Crippen molar-refractivity contribution in [1.82, 2.24) is 4.90 Å². The van der Waals surface area contributed by atoms with Gasteiger partial charge in [0.05, 0.1) is 12.1 Å². The Balaban J connectivity index is 3.98. The molecule has 0 aliphatic heterocycles. The normalized spacial score (nSPS) is 8.54. The van der Waals surface area contributed by atoms with Gasteiger partial charge in [0.2, 0.25) is 5.91 Å². The van der Waals surface area contributed by atoms with Crippen molar-refractivity contribution in [2.45, 2.75) is 12.8 Å². The van der Waals surface area contributed by atoms with Crippen LogP contribution in [0.5, 0.6) is 0 Å². The summed E-state index contributed by atoms with van der Waals surface area (Å²) in [4.78, 5) is 12.5. The van der Waals surface area contributed by atoms with Crippen LogP contribution in [0.25, 0.3) is 0 Å². The van der Waals surface area contributed by atoms with Crippen molar-refractivity contribution in [2.24, 2.45) is 0 Å². The molecule has 0 unspecified atom stereocenters. The van der Waals surface area contributed by atoms with E-state index in [4.69, 9.17) is 22.1 Å². The summed E-state index contributed by atoms with van der Waals surface area (Å²) in [5.74, 6) is 0.224. The summed E-state index contributed by atoms with van der Waals surface area (Å²) in [5.41, 5.74) is 0. The molecule has 0 aliphatic carbocycles. The third-order valence-electron chi connectivity index (χ3n) is 1.40. The van der Waals surface area contributed by atoms with Crippen molar-refractivity contribution < 1.29 is 4.79 Å². The highest BCUT2D eigenvalue weighted by Gasteiger charge is 2.11. The summed E-state index contributed by atoms with van der Waals surface area (Å²) in [5, 5.41) is 16.7. The third kappa shape index (κ3) is 5.05. The van der Waals surface area contributed by atoms with Crippen molar-refractivity contribution in [3.8, 4) is 12.1 Å². The van der Waals surface area contributed by atoms with Crippen LogP contribution in [0.4, 0.5) is 0 Å². The Kier molecular flexibility index (Phi) is 6.68. The van der Waals surface area contributed by atoms with Crippen LogP contribution in [0.1, 0.15) is 12.8 Å². The average Bonchev–Trinajstić information content (AvgIpc) is 2.14. The number of hydrogen-bond acceptors (Lipinski definition) is 3. The van der Waals surface area contributed by atoms with Crippen molar-refractivity contribution >= 4 is 17.5 Å². The van der Waals surface area contributed by atoms with Crippen LogP contribution < -0.4 is 0 Å². The van der Waals surface area contributed by atoms with E-state index in [2.05, 4.69) is 0 Å². The number of hydrogen-bond donors (Lipinski definition) is 0. The molecule has 0 saturated carbocycles. The maximum atomic E-state index is 11.2. The van der Waals surface area contributed by atoms with Gasteiger partial charge in [0.1, 0.15) is 13.1 Å². The van der Waals surface area contributed by atoms with Crippen LogP contribution in [-0.4, -0.2) is 29.8 Å². The SMILES string of the molecule is N#CCN(CC#N)C(=O)CCCCl. The largest absolute Gasteiger partial charge is 0.316 e. The predicted molar refractivity (Wildman–Crippen MR) is 47.8 cm³/mol. The summed E-state index contributed by atoms with van der Waals surface area (Å²) < 4.78 is 0. The number of nitrogens with zero attached hydrogens (tertiary/aromatic N) is 3. The van der Waals surface area contributed by atoms with E-state index < -0.39 is 0 Å². The number of carbonyl (C=O) groups excluding carboxylic acids is 1. The van der Waals surface area contributed by atoms with Crippen LogP contribution in [0, 0.1) is 22.7 Å². The number of alkyl halides is 1. The molecule has 70 valence electrons. The second-order valence-corrected chi connectivity index (χ2v) is 2.74. The van der Waals surface area contributed by atoms with Gasteiger partial charge in [-0.15, -0.1) is 11.6 Å². The van der Waals surface area contributed by atoms with Crippen LogP contribution in [-0.2, 0) is 4.79 Å². The Morgan fingerprint density at radius 2 is 1.85 bits per heavy atom. The predicted octanol–water partition coefficient (Wildman–Crippen LogP) is 0.881. The van der Waals surface area contributed by atoms with Crippen molar-refractivity contribution in [2.75, 3.05) is 19.0 Å². The Morgan fingerprint density at radius 1 is 1.31 bits per heavy atom. The molecule has 0 rings (SSSR count). The van der Waals surface area contributed by atoms with Gasteiger partial charge in [0, 0.05) is 12.3 Å². The monoisotopic (exact) mass is 199 g/mol. The van der Waals surface area contributed by atoms with E-state index in [1.54, 1.807) is 0 Å². The summed E-state index contributed by atoms with van der Waals surface area (Å²) in [6.07, 6.45) is 0.876. The number of halogens is 1. The van der Waals surface area contributed by atoms with E-state index >= 15 is 0 Å². The van der Waals surface area contributed by atoms with Crippen LogP contribution in [0.2, 0.25) is 0 Å². The zero-order chi connectivity index (χ0) is 10.1. The highest BCUT2D eigenvalue weighted by Crippen LogP contribution is 1.98. The maximum Gasteiger partial charge on any atom is 0.224 e. The lowest BCUT2D eigenvalue weighted by molar-refractivity contribution is -0.130. The summed E-state index contributed by atoms with van der Waals surface area (Å²) >= 11 is 5.40. The van der Waals surface area contributed by atoms with Crippen LogP contribution >= 0.6 is 11.6 Å². The first-order valence-corrected chi connectivity index (χ1v) is 4.37. The van der Waals surface area contributed by atoms with Crippen molar-refractivity contribution in [3.05, 3.63) is 0 Å². The molecule has 0 radical (unpaired) electrons. The second-order valence-electron chi connectivity index (χ2n) is 2.36. The van der Waals surface area contributed by atoms with E-state index in [-0.39, 0.29) is 19.0 Å². The van der Waals surface area contributed by atoms with E-state index in [0.29, 0.717) is 18.7 Å². The second kappa shape index (κ2) is 7.39. The molecule has 4 nitrogen and oxygen atoms in total. The fraction of sp³-hybridized carbons (Fsp3) is 0.625. The van der Waals surface area contributed by atoms with Crippen LogP contribution in [0.3, 0.4) is 0 Å². The Hall–Kier alpha value is -1.26. The number of carbonyl (C=O) groups is 1. The zero-order valence-corrected chi connectivity index (χ0v) is 7.92. The summed E-state index contributed by atoms with van der Waals surface area (Å²) in [6.45, 7) is -0.0661.